The Morgan fingerprint density at radius 3 is 3.00 bits per heavy atom. The van der Waals surface area contributed by atoms with Crippen molar-refractivity contribution in [1.82, 2.24) is 5.48 Å². The molecule has 2 rings (SSSR count). The van der Waals surface area contributed by atoms with Gasteiger partial charge in [-0.05, 0) is 42.5 Å². The second-order valence-corrected chi connectivity index (χ2v) is 4.40. The smallest absolute Gasteiger partial charge is 0.0363 e. The molecule has 0 spiro atoms. The number of rotatable bonds is 1. The van der Waals surface area contributed by atoms with Gasteiger partial charge in [0.15, 0.2) is 0 Å². The van der Waals surface area contributed by atoms with E-state index in [0.29, 0.717) is 0 Å². The molecule has 0 radical (unpaired) electrons. The van der Waals surface area contributed by atoms with E-state index in [-0.39, 0.29) is 6.04 Å². The number of benzene rings is 1. The van der Waals surface area contributed by atoms with Gasteiger partial charge in [0.05, 0.1) is 0 Å². The predicted molar refractivity (Wildman–Crippen MR) is 54.9 cm³/mol. The van der Waals surface area contributed by atoms with Gasteiger partial charge in [0.2, 0.25) is 0 Å². The van der Waals surface area contributed by atoms with Crippen molar-refractivity contribution in [1.29, 1.82) is 0 Å². The van der Waals surface area contributed by atoms with Crippen molar-refractivity contribution in [2.45, 2.75) is 25.3 Å². The highest BCUT2D eigenvalue weighted by Crippen LogP contribution is 2.24. The summed E-state index contributed by atoms with van der Waals surface area (Å²) in [6.07, 6.45) is 2.99. The van der Waals surface area contributed by atoms with E-state index in [1.54, 1.807) is 0 Å². The van der Waals surface area contributed by atoms with Gasteiger partial charge in [-0.3, -0.25) is 0 Å². The fourth-order valence-electron chi connectivity index (χ4n) is 1.83. The fourth-order valence-corrected chi connectivity index (χ4v) is 2.24. The van der Waals surface area contributed by atoms with Crippen LogP contribution in [0, 0.1) is 0 Å². The molecule has 2 nitrogen and oxygen atoms in total. The lowest BCUT2D eigenvalue weighted by atomic mass is 9.89. The molecule has 70 valence electrons. The number of fused-ring (bicyclic) bond motifs is 1. The fraction of sp³-hybridized carbons (Fsp3) is 0.400. The zero-order valence-electron chi connectivity index (χ0n) is 7.26. The molecule has 1 aliphatic carbocycles. The maximum absolute atomic E-state index is 8.81. The van der Waals surface area contributed by atoms with Gasteiger partial charge >= 0.3 is 0 Å². The minimum Gasteiger partial charge on any atom is -0.317 e. The van der Waals surface area contributed by atoms with Crippen molar-refractivity contribution in [2.24, 2.45) is 0 Å². The number of hydroxylamine groups is 1. The highest BCUT2D eigenvalue weighted by Gasteiger charge is 2.17. The Kier molecular flexibility index (Phi) is 2.67. The average molecular weight is 242 g/mol. The molecule has 2 N–H and O–H groups in total. The summed E-state index contributed by atoms with van der Waals surface area (Å²) in [6.45, 7) is 0. The van der Waals surface area contributed by atoms with Crippen LogP contribution in [0.2, 0.25) is 0 Å². The van der Waals surface area contributed by atoms with Crippen LogP contribution in [0.5, 0.6) is 0 Å². The Morgan fingerprint density at radius 1 is 1.38 bits per heavy atom. The first-order valence-electron chi connectivity index (χ1n) is 4.46. The summed E-state index contributed by atoms with van der Waals surface area (Å²) in [5, 5.41) is 8.81. The first kappa shape index (κ1) is 9.19. The molecule has 0 aromatic heterocycles. The lowest BCUT2D eigenvalue weighted by molar-refractivity contribution is 0.119. The Labute approximate surface area is 86.1 Å². The minimum absolute atomic E-state index is 0.230. The van der Waals surface area contributed by atoms with Crippen LogP contribution in [0.25, 0.3) is 0 Å². The SMILES string of the molecule is ONC1CCc2cc(Br)ccc2C1. The standard InChI is InChI=1S/C10H12BrNO/c11-9-3-1-8-6-10(12-13)4-2-7(8)5-9/h1,3,5,10,12-13H,2,4,6H2. The van der Waals surface area contributed by atoms with Gasteiger partial charge in [0.1, 0.15) is 0 Å². The van der Waals surface area contributed by atoms with E-state index < -0.39 is 0 Å². The van der Waals surface area contributed by atoms with E-state index in [9.17, 15) is 0 Å². The van der Waals surface area contributed by atoms with Crippen molar-refractivity contribution in [3.63, 3.8) is 0 Å². The van der Waals surface area contributed by atoms with Crippen molar-refractivity contribution in [3.8, 4) is 0 Å². The third kappa shape index (κ3) is 1.93. The van der Waals surface area contributed by atoms with Crippen molar-refractivity contribution in [3.05, 3.63) is 33.8 Å². The van der Waals surface area contributed by atoms with Crippen LogP contribution < -0.4 is 5.48 Å². The van der Waals surface area contributed by atoms with Crippen LogP contribution in [-0.4, -0.2) is 11.2 Å². The van der Waals surface area contributed by atoms with E-state index in [0.717, 1.165) is 23.7 Å². The van der Waals surface area contributed by atoms with Crippen LogP contribution in [0.3, 0.4) is 0 Å². The number of halogens is 1. The van der Waals surface area contributed by atoms with Crippen molar-refractivity contribution >= 4 is 15.9 Å². The molecular formula is C10H12BrNO. The van der Waals surface area contributed by atoms with Crippen molar-refractivity contribution in [2.75, 3.05) is 0 Å². The van der Waals surface area contributed by atoms with Gasteiger partial charge in [-0.1, -0.05) is 22.0 Å². The summed E-state index contributed by atoms with van der Waals surface area (Å²) < 4.78 is 1.14. The molecule has 1 aliphatic rings. The molecular weight excluding hydrogens is 230 g/mol. The number of hydrogen-bond acceptors (Lipinski definition) is 2. The Morgan fingerprint density at radius 2 is 2.23 bits per heavy atom. The molecule has 1 atom stereocenters. The summed E-state index contributed by atoms with van der Waals surface area (Å²) >= 11 is 3.46. The lowest BCUT2D eigenvalue weighted by Crippen LogP contribution is -2.31. The van der Waals surface area contributed by atoms with E-state index in [1.807, 2.05) is 0 Å². The van der Waals surface area contributed by atoms with Gasteiger partial charge in [0, 0.05) is 10.5 Å². The van der Waals surface area contributed by atoms with Crippen molar-refractivity contribution < 1.29 is 5.21 Å². The zero-order valence-corrected chi connectivity index (χ0v) is 8.84. The van der Waals surface area contributed by atoms with Crippen LogP contribution in [0.4, 0.5) is 0 Å². The summed E-state index contributed by atoms with van der Waals surface area (Å²) in [6, 6.07) is 6.58. The molecule has 0 saturated heterocycles. The largest absolute Gasteiger partial charge is 0.317 e. The van der Waals surface area contributed by atoms with E-state index >= 15 is 0 Å². The van der Waals surface area contributed by atoms with Crippen LogP contribution in [-0.2, 0) is 12.8 Å². The van der Waals surface area contributed by atoms with E-state index in [1.165, 1.54) is 11.1 Å². The van der Waals surface area contributed by atoms with Crippen LogP contribution >= 0.6 is 15.9 Å². The molecule has 0 saturated carbocycles. The summed E-state index contributed by atoms with van der Waals surface area (Å²) in [7, 11) is 0. The number of aryl methyl sites for hydroxylation is 1. The summed E-state index contributed by atoms with van der Waals surface area (Å²) in [5.74, 6) is 0. The summed E-state index contributed by atoms with van der Waals surface area (Å²) in [4.78, 5) is 0. The Hall–Kier alpha value is -0.380. The Balaban J connectivity index is 2.26. The van der Waals surface area contributed by atoms with Gasteiger partial charge in [-0.25, -0.2) is 5.48 Å². The summed E-state index contributed by atoms with van der Waals surface area (Å²) in [5.41, 5.74) is 5.10. The first-order chi connectivity index (χ1) is 6.29. The predicted octanol–water partition coefficient (Wildman–Crippen LogP) is 2.29. The van der Waals surface area contributed by atoms with E-state index in [4.69, 9.17) is 5.21 Å². The molecule has 3 heteroatoms. The van der Waals surface area contributed by atoms with Gasteiger partial charge < -0.3 is 5.21 Å². The molecule has 0 amide bonds. The maximum atomic E-state index is 8.81. The second-order valence-electron chi connectivity index (χ2n) is 3.48. The molecule has 0 heterocycles. The Bertz CT molecular complexity index is 314. The van der Waals surface area contributed by atoms with Crippen LogP contribution in [0.1, 0.15) is 17.5 Å². The van der Waals surface area contributed by atoms with Crippen LogP contribution in [0.15, 0.2) is 22.7 Å². The normalized spacial score (nSPS) is 21.2. The first-order valence-corrected chi connectivity index (χ1v) is 5.26. The third-order valence-electron chi connectivity index (χ3n) is 2.58. The zero-order chi connectivity index (χ0) is 9.26. The molecule has 1 aromatic rings. The highest BCUT2D eigenvalue weighted by molar-refractivity contribution is 9.10. The molecule has 0 bridgehead atoms. The van der Waals surface area contributed by atoms with Gasteiger partial charge in [0.25, 0.3) is 0 Å². The average Bonchev–Trinajstić information content (AvgIpc) is 2.17. The highest BCUT2D eigenvalue weighted by atomic mass is 79.9. The lowest BCUT2D eigenvalue weighted by Gasteiger charge is -2.23. The van der Waals surface area contributed by atoms with E-state index in [2.05, 4.69) is 39.6 Å². The molecule has 0 aliphatic heterocycles. The molecule has 1 aromatic carbocycles. The second kappa shape index (κ2) is 3.78. The monoisotopic (exact) mass is 241 g/mol. The van der Waals surface area contributed by atoms with Gasteiger partial charge in [-0.15, -0.1) is 0 Å². The topological polar surface area (TPSA) is 32.3 Å². The van der Waals surface area contributed by atoms with Gasteiger partial charge in [-0.2, -0.15) is 0 Å². The molecule has 13 heavy (non-hydrogen) atoms. The number of hydrogen-bond donors (Lipinski definition) is 2. The quantitative estimate of drug-likeness (QED) is 0.740. The number of nitrogens with one attached hydrogen (secondary N) is 1. The molecule has 0 fully saturated rings. The minimum atomic E-state index is 0.230. The molecule has 1 unspecified atom stereocenters. The maximum Gasteiger partial charge on any atom is 0.0363 e. The third-order valence-corrected chi connectivity index (χ3v) is 3.07.